The number of phenolic OH excluding ortho intramolecular Hbond substituents is 1. The Hall–Kier alpha value is -3.42. The van der Waals surface area contributed by atoms with Crippen LogP contribution >= 0.6 is 0 Å². The number of anilines is 1. The van der Waals surface area contributed by atoms with Gasteiger partial charge in [0.05, 0.1) is 12.8 Å². The molecule has 29 heavy (non-hydrogen) atoms. The Balaban J connectivity index is 1.60. The Bertz CT molecular complexity index is 921. The van der Waals surface area contributed by atoms with E-state index in [4.69, 9.17) is 0 Å². The number of nitrogens with one attached hydrogen (secondary N) is 1. The van der Waals surface area contributed by atoms with Crippen molar-refractivity contribution < 1.29 is 28.6 Å². The Morgan fingerprint density at radius 2 is 1.76 bits per heavy atom. The van der Waals surface area contributed by atoms with Crippen molar-refractivity contribution in [1.82, 2.24) is 4.90 Å². The van der Waals surface area contributed by atoms with E-state index < -0.39 is 11.8 Å². The average molecular weight is 400 g/mol. The van der Waals surface area contributed by atoms with Crippen LogP contribution in [0.4, 0.5) is 10.1 Å². The second-order valence-electron chi connectivity index (χ2n) is 6.76. The largest absolute Gasteiger partial charge is 0.505 e. The highest BCUT2D eigenvalue weighted by molar-refractivity contribution is 5.99. The summed E-state index contributed by atoms with van der Waals surface area (Å²) in [6.45, 7) is 0.783. The zero-order chi connectivity index (χ0) is 21.0. The number of ether oxygens (including phenoxy) is 1. The van der Waals surface area contributed by atoms with Crippen LogP contribution in [0.2, 0.25) is 0 Å². The number of methoxy groups -OCH3 is 1. The van der Waals surface area contributed by atoms with Gasteiger partial charge in [-0.05, 0) is 49.2 Å². The maximum atomic E-state index is 13.0. The fraction of sp³-hybridized carbons (Fsp3) is 0.286. The first-order valence-electron chi connectivity index (χ1n) is 9.16. The lowest BCUT2D eigenvalue weighted by Crippen LogP contribution is -2.41. The van der Waals surface area contributed by atoms with Crippen LogP contribution in [-0.2, 0) is 9.53 Å². The summed E-state index contributed by atoms with van der Waals surface area (Å²) in [5.41, 5.74) is 0.492. The van der Waals surface area contributed by atoms with Gasteiger partial charge in [0, 0.05) is 24.6 Å². The Morgan fingerprint density at radius 3 is 2.38 bits per heavy atom. The third-order valence-electron chi connectivity index (χ3n) is 4.94. The molecule has 2 aromatic carbocycles. The number of phenols is 1. The smallest absolute Gasteiger partial charge is 0.341 e. The van der Waals surface area contributed by atoms with Crippen LogP contribution in [0.1, 0.15) is 33.6 Å². The van der Waals surface area contributed by atoms with E-state index in [-0.39, 0.29) is 34.7 Å². The lowest BCUT2D eigenvalue weighted by molar-refractivity contribution is -0.121. The van der Waals surface area contributed by atoms with Gasteiger partial charge in [-0.25, -0.2) is 9.18 Å². The number of halogens is 1. The number of nitrogens with zero attached hydrogens (tertiary/aromatic N) is 1. The van der Waals surface area contributed by atoms with E-state index in [0.717, 1.165) is 0 Å². The molecule has 2 amide bonds. The van der Waals surface area contributed by atoms with E-state index >= 15 is 0 Å². The minimum Gasteiger partial charge on any atom is -0.505 e. The molecule has 1 heterocycles. The summed E-state index contributed by atoms with van der Waals surface area (Å²) < 4.78 is 17.6. The summed E-state index contributed by atoms with van der Waals surface area (Å²) in [4.78, 5) is 38.3. The van der Waals surface area contributed by atoms with E-state index in [1.165, 1.54) is 49.6 Å². The van der Waals surface area contributed by atoms with Gasteiger partial charge in [0.1, 0.15) is 11.4 Å². The van der Waals surface area contributed by atoms with Gasteiger partial charge in [-0.3, -0.25) is 9.59 Å². The minimum absolute atomic E-state index is 0.0370. The molecule has 1 aliphatic heterocycles. The molecular formula is C21H21FN2O5. The van der Waals surface area contributed by atoms with Crippen LogP contribution in [0.15, 0.2) is 42.5 Å². The molecule has 1 saturated heterocycles. The molecular weight excluding hydrogens is 379 g/mol. The number of rotatable bonds is 4. The standard InChI is InChI=1S/C21H21FN2O5/c1-29-21(28)16-3-2-4-17(18(16)25)23-19(26)13-9-11-24(12-10-13)20(27)14-5-7-15(22)8-6-14/h2-8,13,25H,9-12H2,1H3,(H,23,26). The molecule has 1 aliphatic rings. The van der Waals surface area contributed by atoms with Crippen LogP contribution in [0.5, 0.6) is 5.75 Å². The van der Waals surface area contributed by atoms with Crippen molar-refractivity contribution in [1.29, 1.82) is 0 Å². The predicted octanol–water partition coefficient (Wildman–Crippen LogP) is 2.81. The monoisotopic (exact) mass is 400 g/mol. The van der Waals surface area contributed by atoms with Crippen LogP contribution in [0.25, 0.3) is 0 Å². The first kappa shape index (κ1) is 20.3. The van der Waals surface area contributed by atoms with Crippen molar-refractivity contribution >= 4 is 23.5 Å². The molecule has 0 bridgehead atoms. The number of esters is 1. The van der Waals surface area contributed by atoms with Gasteiger partial charge in [0.2, 0.25) is 5.91 Å². The molecule has 0 radical (unpaired) electrons. The Labute approximate surface area is 167 Å². The number of aromatic hydroxyl groups is 1. The summed E-state index contributed by atoms with van der Waals surface area (Å²) in [5, 5.41) is 12.8. The second-order valence-corrected chi connectivity index (χ2v) is 6.76. The van der Waals surface area contributed by atoms with Gasteiger partial charge in [0.15, 0.2) is 5.75 Å². The van der Waals surface area contributed by atoms with Crippen molar-refractivity contribution in [3.05, 3.63) is 59.4 Å². The fourth-order valence-electron chi connectivity index (χ4n) is 3.27. The summed E-state index contributed by atoms with van der Waals surface area (Å²) in [5.74, 6) is -2.30. The lowest BCUT2D eigenvalue weighted by atomic mass is 9.95. The van der Waals surface area contributed by atoms with Crippen LogP contribution in [-0.4, -0.2) is 48.0 Å². The number of benzene rings is 2. The lowest BCUT2D eigenvalue weighted by Gasteiger charge is -2.31. The first-order valence-corrected chi connectivity index (χ1v) is 9.16. The summed E-state index contributed by atoms with van der Waals surface area (Å²) in [6.07, 6.45) is 0.909. The molecule has 3 rings (SSSR count). The van der Waals surface area contributed by atoms with E-state index in [1.807, 2.05) is 0 Å². The number of carbonyl (C=O) groups is 3. The number of amides is 2. The van der Waals surface area contributed by atoms with E-state index in [0.29, 0.717) is 31.5 Å². The molecule has 0 aromatic heterocycles. The third kappa shape index (κ3) is 4.53. The number of likely N-dealkylation sites (tertiary alicyclic amines) is 1. The zero-order valence-electron chi connectivity index (χ0n) is 15.9. The summed E-state index contributed by atoms with van der Waals surface area (Å²) >= 11 is 0. The number of para-hydroxylation sites is 1. The maximum absolute atomic E-state index is 13.0. The first-order chi connectivity index (χ1) is 13.9. The Kier molecular flexibility index (Phi) is 6.11. The summed E-state index contributed by atoms with van der Waals surface area (Å²) in [7, 11) is 1.20. The van der Waals surface area contributed by atoms with E-state index in [1.54, 1.807) is 4.90 Å². The topological polar surface area (TPSA) is 95.9 Å². The SMILES string of the molecule is COC(=O)c1cccc(NC(=O)C2CCN(C(=O)c3ccc(F)cc3)CC2)c1O. The van der Waals surface area contributed by atoms with E-state index in [9.17, 15) is 23.9 Å². The predicted molar refractivity (Wildman–Crippen MR) is 103 cm³/mol. The van der Waals surface area contributed by atoms with Crippen molar-refractivity contribution in [2.24, 2.45) is 5.92 Å². The van der Waals surface area contributed by atoms with E-state index in [2.05, 4.69) is 10.1 Å². The molecule has 0 unspecified atom stereocenters. The molecule has 152 valence electrons. The Morgan fingerprint density at radius 1 is 1.10 bits per heavy atom. The number of hydrogen-bond acceptors (Lipinski definition) is 5. The van der Waals surface area contributed by atoms with Crippen molar-refractivity contribution in [3.63, 3.8) is 0 Å². The second kappa shape index (κ2) is 8.72. The molecule has 1 fully saturated rings. The number of piperidine rings is 1. The maximum Gasteiger partial charge on any atom is 0.341 e. The number of carbonyl (C=O) groups excluding carboxylic acids is 3. The highest BCUT2D eigenvalue weighted by Crippen LogP contribution is 2.29. The molecule has 2 aromatic rings. The van der Waals surface area contributed by atoms with Crippen molar-refractivity contribution in [2.45, 2.75) is 12.8 Å². The fourth-order valence-corrected chi connectivity index (χ4v) is 3.27. The van der Waals surface area contributed by atoms with Gasteiger partial charge in [0.25, 0.3) is 5.91 Å². The highest BCUT2D eigenvalue weighted by Gasteiger charge is 2.28. The molecule has 0 aliphatic carbocycles. The van der Waals surface area contributed by atoms with Gasteiger partial charge in [-0.2, -0.15) is 0 Å². The molecule has 0 atom stereocenters. The van der Waals surface area contributed by atoms with Gasteiger partial charge in [-0.15, -0.1) is 0 Å². The van der Waals surface area contributed by atoms with Crippen LogP contribution in [0.3, 0.4) is 0 Å². The van der Waals surface area contributed by atoms with Gasteiger partial charge in [-0.1, -0.05) is 6.07 Å². The molecule has 7 nitrogen and oxygen atoms in total. The minimum atomic E-state index is -0.703. The average Bonchev–Trinajstić information content (AvgIpc) is 2.74. The highest BCUT2D eigenvalue weighted by atomic mass is 19.1. The third-order valence-corrected chi connectivity index (χ3v) is 4.94. The van der Waals surface area contributed by atoms with Crippen LogP contribution < -0.4 is 5.32 Å². The molecule has 2 N–H and O–H groups in total. The van der Waals surface area contributed by atoms with Gasteiger partial charge < -0.3 is 20.1 Å². The summed E-state index contributed by atoms with van der Waals surface area (Å²) in [6, 6.07) is 9.78. The molecule has 0 spiro atoms. The molecule has 0 saturated carbocycles. The van der Waals surface area contributed by atoms with Crippen molar-refractivity contribution in [2.75, 3.05) is 25.5 Å². The zero-order valence-corrected chi connectivity index (χ0v) is 15.9. The van der Waals surface area contributed by atoms with Gasteiger partial charge >= 0.3 is 5.97 Å². The van der Waals surface area contributed by atoms with Crippen LogP contribution in [0, 0.1) is 11.7 Å². The normalized spacial score (nSPS) is 14.3. The van der Waals surface area contributed by atoms with Crippen molar-refractivity contribution in [3.8, 4) is 5.75 Å². The number of hydrogen-bond donors (Lipinski definition) is 2. The quantitative estimate of drug-likeness (QED) is 0.608. The molecule has 8 heteroatoms.